The van der Waals surface area contributed by atoms with Gasteiger partial charge in [-0.15, -0.1) is 11.6 Å². The number of carbonyl (C=O) groups is 1. The monoisotopic (exact) mass is 333 g/mol. The van der Waals surface area contributed by atoms with E-state index in [1.165, 1.54) is 11.9 Å². The number of aromatic hydroxyl groups is 1. The molecule has 23 heavy (non-hydrogen) atoms. The van der Waals surface area contributed by atoms with Gasteiger partial charge in [0.25, 0.3) is 5.88 Å². The van der Waals surface area contributed by atoms with Gasteiger partial charge in [0, 0.05) is 30.1 Å². The van der Waals surface area contributed by atoms with Gasteiger partial charge in [-0.25, -0.2) is 0 Å². The first-order valence-electron chi connectivity index (χ1n) is 7.11. The molecule has 120 valence electrons. The van der Waals surface area contributed by atoms with Crippen LogP contribution in [0.4, 0.5) is 6.01 Å². The number of alkyl halides is 1. The first kappa shape index (κ1) is 15.4. The number of fused-ring (bicyclic) bond motifs is 1. The maximum Gasteiger partial charge on any atom is 0.307 e. The third kappa shape index (κ3) is 2.66. The number of amides is 1. The molecular weight excluding hydrogens is 318 g/mol. The average Bonchev–Trinajstić information content (AvgIpc) is 3.16. The number of halogens is 1. The predicted molar refractivity (Wildman–Crippen MR) is 88.1 cm³/mol. The minimum atomic E-state index is -0.362. The molecule has 0 spiro atoms. The lowest BCUT2D eigenvalue weighted by Gasteiger charge is -2.10. The molecule has 3 rings (SSSR count). The van der Waals surface area contributed by atoms with Crippen LogP contribution < -0.4 is 4.90 Å². The zero-order valence-electron chi connectivity index (χ0n) is 12.7. The summed E-state index contributed by atoms with van der Waals surface area (Å²) in [6, 6.07) is 7.89. The van der Waals surface area contributed by atoms with Gasteiger partial charge in [0.15, 0.2) is 5.76 Å². The van der Waals surface area contributed by atoms with Crippen LogP contribution in [-0.2, 0) is 4.79 Å². The number of H-pyrrole nitrogens is 1. The van der Waals surface area contributed by atoms with E-state index in [4.69, 9.17) is 16.0 Å². The van der Waals surface area contributed by atoms with Crippen molar-refractivity contribution in [1.82, 2.24) is 9.97 Å². The van der Waals surface area contributed by atoms with Gasteiger partial charge in [0.05, 0.1) is 0 Å². The standard InChI is InChI=1S/C16H16ClN3O3/c1-9(11-8-18-12-6-4-3-5-10(11)12)14-15(22)19-16(23-14)20(2)13(21)7-17/h3-6,8-9,18,22H,7H2,1-2H3/t9-/m1/s1. The van der Waals surface area contributed by atoms with Crippen molar-refractivity contribution in [2.45, 2.75) is 12.8 Å². The number of hydrogen-bond acceptors (Lipinski definition) is 4. The molecule has 1 aromatic carbocycles. The second-order valence-electron chi connectivity index (χ2n) is 5.28. The zero-order valence-corrected chi connectivity index (χ0v) is 13.5. The van der Waals surface area contributed by atoms with Crippen LogP contribution in [0.5, 0.6) is 5.88 Å². The van der Waals surface area contributed by atoms with Crippen LogP contribution in [-0.4, -0.2) is 33.9 Å². The van der Waals surface area contributed by atoms with Crippen LogP contribution in [0.25, 0.3) is 10.9 Å². The Labute approximate surface area is 137 Å². The Balaban J connectivity index is 1.98. The van der Waals surface area contributed by atoms with Gasteiger partial charge in [0.2, 0.25) is 5.91 Å². The smallest absolute Gasteiger partial charge is 0.307 e. The summed E-state index contributed by atoms with van der Waals surface area (Å²) in [6.07, 6.45) is 1.88. The van der Waals surface area contributed by atoms with E-state index in [-0.39, 0.29) is 29.6 Å². The molecule has 0 saturated carbocycles. The Morgan fingerprint density at radius 2 is 2.22 bits per heavy atom. The molecule has 0 radical (unpaired) electrons. The third-order valence-electron chi connectivity index (χ3n) is 3.88. The topological polar surface area (TPSA) is 82.4 Å². The highest BCUT2D eigenvalue weighted by Gasteiger charge is 2.25. The molecule has 3 aromatic rings. The van der Waals surface area contributed by atoms with E-state index in [1.807, 2.05) is 37.4 Å². The lowest BCUT2D eigenvalue weighted by molar-refractivity contribution is -0.116. The van der Waals surface area contributed by atoms with Crippen molar-refractivity contribution in [2.75, 3.05) is 17.8 Å². The molecule has 1 amide bonds. The van der Waals surface area contributed by atoms with E-state index in [1.54, 1.807) is 0 Å². The van der Waals surface area contributed by atoms with E-state index in [0.29, 0.717) is 5.76 Å². The number of nitrogens with one attached hydrogen (secondary N) is 1. The number of benzene rings is 1. The van der Waals surface area contributed by atoms with Crippen LogP contribution in [0.2, 0.25) is 0 Å². The van der Waals surface area contributed by atoms with Crippen molar-refractivity contribution < 1.29 is 14.3 Å². The van der Waals surface area contributed by atoms with Crippen LogP contribution in [0.1, 0.15) is 24.2 Å². The molecule has 1 atom stereocenters. The van der Waals surface area contributed by atoms with E-state index >= 15 is 0 Å². The van der Waals surface area contributed by atoms with Gasteiger partial charge in [-0.2, -0.15) is 4.98 Å². The lowest BCUT2D eigenvalue weighted by Crippen LogP contribution is -2.27. The Morgan fingerprint density at radius 1 is 1.48 bits per heavy atom. The Morgan fingerprint density at radius 3 is 2.96 bits per heavy atom. The Bertz CT molecular complexity index is 855. The van der Waals surface area contributed by atoms with E-state index in [2.05, 4.69) is 9.97 Å². The van der Waals surface area contributed by atoms with Crippen molar-refractivity contribution in [3.63, 3.8) is 0 Å². The summed E-state index contributed by atoms with van der Waals surface area (Å²) in [7, 11) is 1.50. The van der Waals surface area contributed by atoms with Crippen LogP contribution in [0, 0.1) is 0 Å². The fourth-order valence-corrected chi connectivity index (χ4v) is 2.71. The summed E-state index contributed by atoms with van der Waals surface area (Å²) in [6.45, 7) is 1.91. The molecule has 7 heteroatoms. The molecule has 2 heterocycles. The fourth-order valence-electron chi connectivity index (χ4n) is 2.53. The maximum atomic E-state index is 11.6. The minimum absolute atomic E-state index is 0.0230. The number of nitrogens with zero attached hydrogens (tertiary/aromatic N) is 2. The second-order valence-corrected chi connectivity index (χ2v) is 5.55. The summed E-state index contributed by atoms with van der Waals surface area (Å²) in [5.74, 6) is -0.704. The van der Waals surface area contributed by atoms with Crippen molar-refractivity contribution in [3.8, 4) is 5.88 Å². The zero-order chi connectivity index (χ0) is 16.6. The normalized spacial score (nSPS) is 12.5. The molecule has 0 aliphatic rings. The highest BCUT2D eigenvalue weighted by molar-refractivity contribution is 6.29. The summed E-state index contributed by atoms with van der Waals surface area (Å²) < 4.78 is 5.61. The third-order valence-corrected chi connectivity index (χ3v) is 4.11. The number of oxazole rings is 1. The highest BCUT2D eigenvalue weighted by atomic mass is 35.5. The molecule has 0 aliphatic heterocycles. The van der Waals surface area contributed by atoms with E-state index in [0.717, 1.165) is 16.5 Å². The molecule has 0 fully saturated rings. The van der Waals surface area contributed by atoms with Crippen molar-refractivity contribution >= 4 is 34.4 Å². The minimum Gasteiger partial charge on any atom is -0.491 e. The SMILES string of the molecule is C[C@@H](c1oc(N(C)C(=O)CCl)nc1O)c1c[nH]c2ccccc12. The quantitative estimate of drug-likeness (QED) is 0.718. The van der Waals surface area contributed by atoms with E-state index < -0.39 is 0 Å². The second kappa shape index (κ2) is 5.96. The van der Waals surface area contributed by atoms with E-state index in [9.17, 15) is 9.90 Å². The number of para-hydroxylation sites is 1. The summed E-state index contributed by atoms with van der Waals surface area (Å²) >= 11 is 5.53. The number of carbonyl (C=O) groups excluding carboxylic acids is 1. The molecule has 0 unspecified atom stereocenters. The summed E-state index contributed by atoms with van der Waals surface area (Å²) in [4.78, 5) is 19.9. The first-order chi connectivity index (χ1) is 11.0. The number of hydrogen-bond donors (Lipinski definition) is 2. The fraction of sp³-hybridized carbons (Fsp3) is 0.250. The van der Waals surface area contributed by atoms with Gasteiger partial charge < -0.3 is 14.5 Å². The largest absolute Gasteiger partial charge is 0.491 e. The molecule has 0 bridgehead atoms. The molecule has 6 nitrogen and oxygen atoms in total. The number of anilines is 1. The summed E-state index contributed by atoms with van der Waals surface area (Å²) in [5, 5.41) is 11.1. The van der Waals surface area contributed by atoms with Crippen molar-refractivity contribution in [1.29, 1.82) is 0 Å². The lowest BCUT2D eigenvalue weighted by atomic mass is 9.98. The van der Waals surface area contributed by atoms with Crippen LogP contribution >= 0.6 is 11.6 Å². The number of aromatic amines is 1. The van der Waals surface area contributed by atoms with Crippen LogP contribution in [0.3, 0.4) is 0 Å². The molecule has 2 N–H and O–H groups in total. The number of aromatic nitrogens is 2. The summed E-state index contributed by atoms with van der Waals surface area (Å²) in [5.41, 5.74) is 1.98. The maximum absolute atomic E-state index is 11.6. The van der Waals surface area contributed by atoms with Crippen molar-refractivity contribution in [3.05, 3.63) is 41.8 Å². The van der Waals surface area contributed by atoms with Gasteiger partial charge in [-0.3, -0.25) is 9.69 Å². The highest BCUT2D eigenvalue weighted by Crippen LogP contribution is 2.36. The van der Waals surface area contributed by atoms with Gasteiger partial charge >= 0.3 is 6.01 Å². The Kier molecular flexibility index (Phi) is 4.00. The van der Waals surface area contributed by atoms with Gasteiger partial charge in [0.1, 0.15) is 5.88 Å². The first-order valence-corrected chi connectivity index (χ1v) is 7.64. The number of rotatable bonds is 4. The van der Waals surface area contributed by atoms with Gasteiger partial charge in [-0.05, 0) is 11.6 Å². The average molecular weight is 334 g/mol. The molecule has 0 saturated heterocycles. The van der Waals surface area contributed by atoms with Crippen molar-refractivity contribution in [2.24, 2.45) is 0 Å². The predicted octanol–water partition coefficient (Wildman–Crippen LogP) is 3.21. The Hall–Kier alpha value is -2.47. The molecular formula is C16H16ClN3O3. The van der Waals surface area contributed by atoms with Gasteiger partial charge in [-0.1, -0.05) is 25.1 Å². The molecule has 2 aromatic heterocycles. The molecule has 0 aliphatic carbocycles. The van der Waals surface area contributed by atoms with Crippen LogP contribution in [0.15, 0.2) is 34.9 Å².